The van der Waals surface area contributed by atoms with Gasteiger partial charge < -0.3 is 12.0 Å². The maximum atomic E-state index is 9.88. The summed E-state index contributed by atoms with van der Waals surface area (Å²) in [5.41, 5.74) is 0. The molecule has 8 heteroatoms. The Kier molecular flexibility index (Phi) is 22.9. The predicted molar refractivity (Wildman–Crippen MR) is 86.9 cm³/mol. The second-order valence-electron chi connectivity index (χ2n) is 5.19. The van der Waals surface area contributed by atoms with Gasteiger partial charge in [0.15, 0.2) is 6.10 Å². The molecule has 0 aromatic carbocycles. The molecule has 0 heterocycles. The molecule has 0 saturated heterocycles. The second-order valence-corrected chi connectivity index (χ2v) is 6.23. The quantitative estimate of drug-likeness (QED) is 0.233. The van der Waals surface area contributed by atoms with Gasteiger partial charge >= 0.3 is 45.9 Å². The summed E-state index contributed by atoms with van der Waals surface area (Å²) in [4.78, 5) is 9.88. The number of hydrogen-bond acceptors (Lipinski definition) is 4. The third-order valence-electron chi connectivity index (χ3n) is 2.97. The van der Waals surface area contributed by atoms with Gasteiger partial charge in [0.2, 0.25) is 0 Å². The summed E-state index contributed by atoms with van der Waals surface area (Å²) >= 11 is 0. The van der Waals surface area contributed by atoms with E-state index in [-0.39, 0.29) is 29.6 Å². The number of hydrogen-bond donors (Lipinski definition) is 2. The zero-order chi connectivity index (χ0) is 17.4. The molecule has 2 N–H and O–H groups in total. The number of aliphatic carboxylic acids is 1. The van der Waals surface area contributed by atoms with Crippen molar-refractivity contribution in [2.75, 3.05) is 0 Å². The minimum absolute atomic E-state index is 0. The van der Waals surface area contributed by atoms with E-state index in [1.807, 2.05) is 0 Å². The fourth-order valence-corrected chi connectivity index (χ4v) is 2.16. The van der Waals surface area contributed by atoms with Crippen molar-refractivity contribution in [3.63, 3.8) is 0 Å². The summed E-state index contributed by atoms with van der Waals surface area (Å²) in [5, 5.41) is 8.04. The molecule has 0 saturated carbocycles. The molecule has 0 rings (SSSR count). The van der Waals surface area contributed by atoms with E-state index in [0.717, 1.165) is 13.3 Å². The van der Waals surface area contributed by atoms with Gasteiger partial charge in [-0.3, -0.25) is 4.55 Å². The molecular weight excluding hydrogens is 331 g/mol. The van der Waals surface area contributed by atoms with Crippen LogP contribution in [0.5, 0.6) is 0 Å². The first-order valence-electron chi connectivity index (χ1n) is 7.92. The van der Waals surface area contributed by atoms with Gasteiger partial charge in [0.05, 0.1) is 0 Å². The van der Waals surface area contributed by atoms with Crippen LogP contribution in [0.3, 0.4) is 0 Å². The first-order chi connectivity index (χ1) is 10.2. The third-order valence-corrected chi connectivity index (χ3v) is 3.50. The van der Waals surface area contributed by atoms with E-state index in [9.17, 15) is 13.2 Å². The van der Waals surface area contributed by atoms with Gasteiger partial charge in [0.25, 0.3) is 0 Å². The maximum Gasteiger partial charge on any atom is 1.00 e. The van der Waals surface area contributed by atoms with Crippen molar-refractivity contribution in [1.29, 1.82) is 0 Å². The van der Waals surface area contributed by atoms with Gasteiger partial charge in [-0.15, -0.1) is 0 Å². The Morgan fingerprint density at radius 2 is 1.43 bits per heavy atom. The molecule has 0 aliphatic carbocycles. The van der Waals surface area contributed by atoms with Gasteiger partial charge in [-0.25, -0.2) is 8.98 Å². The summed E-state index contributed by atoms with van der Waals surface area (Å²) in [6.45, 7) is 7.10. The van der Waals surface area contributed by atoms with Crippen molar-refractivity contribution in [3.05, 3.63) is 6.92 Å². The average molecular weight is 362 g/mol. The first-order valence-corrected chi connectivity index (χ1v) is 9.28. The topological polar surface area (TPSA) is 101 Å². The average Bonchev–Trinajstić information content (AvgIpc) is 2.40. The fraction of sp³-hybridized carbons (Fsp3) is 0.867. The molecule has 0 bridgehead atoms. The van der Waals surface area contributed by atoms with Gasteiger partial charge in [-0.2, -0.15) is 14.8 Å². The van der Waals surface area contributed by atoms with Gasteiger partial charge in [-0.05, 0) is 6.92 Å². The first kappa shape index (κ1) is 28.2. The smallest absolute Gasteiger partial charge is 0.479 e. The van der Waals surface area contributed by atoms with E-state index in [0.29, 0.717) is 0 Å². The van der Waals surface area contributed by atoms with E-state index >= 15 is 0 Å². The van der Waals surface area contributed by atoms with Crippen LogP contribution in [0.1, 0.15) is 78.1 Å². The van der Waals surface area contributed by atoms with Crippen LogP contribution in [0, 0.1) is 6.92 Å². The summed E-state index contributed by atoms with van der Waals surface area (Å²) in [6.07, 6.45) is 12.3. The molecule has 0 aliphatic heterocycles. The van der Waals surface area contributed by atoms with E-state index in [4.69, 9.17) is 9.66 Å². The van der Waals surface area contributed by atoms with E-state index < -0.39 is 22.5 Å². The Balaban J connectivity index is -0.000000338. The Morgan fingerprint density at radius 3 is 1.70 bits per heavy atom. The van der Waals surface area contributed by atoms with Crippen molar-refractivity contribution < 1.29 is 56.6 Å². The zero-order valence-electron chi connectivity index (χ0n) is 14.8. The van der Waals surface area contributed by atoms with Crippen molar-refractivity contribution in [2.24, 2.45) is 0 Å². The molecule has 0 aromatic heterocycles. The van der Waals surface area contributed by atoms with Gasteiger partial charge in [0.1, 0.15) is 0 Å². The molecular formula is C15H31NaO6S. The van der Waals surface area contributed by atoms with Crippen molar-refractivity contribution in [2.45, 2.75) is 84.2 Å². The third kappa shape index (κ3) is 27.5. The monoisotopic (exact) mass is 362 g/mol. The number of unbranched alkanes of at least 4 members (excludes halogenated alkanes) is 9. The molecule has 1 unspecified atom stereocenters. The summed E-state index contributed by atoms with van der Waals surface area (Å²) in [5.74, 6) is -1.46. The van der Waals surface area contributed by atoms with Crippen LogP contribution >= 0.6 is 0 Å². The molecule has 0 aliphatic rings. The van der Waals surface area contributed by atoms with Gasteiger partial charge in [-0.1, -0.05) is 64.7 Å². The number of carbonyl (C=O) groups is 1. The molecule has 0 spiro atoms. The van der Waals surface area contributed by atoms with Crippen LogP contribution < -0.4 is 29.6 Å². The molecule has 134 valence electrons. The van der Waals surface area contributed by atoms with Crippen LogP contribution in [0.2, 0.25) is 0 Å². The summed E-state index contributed by atoms with van der Waals surface area (Å²) in [6, 6.07) is 0. The van der Waals surface area contributed by atoms with Crippen molar-refractivity contribution in [1.82, 2.24) is 0 Å². The molecule has 0 amide bonds. The van der Waals surface area contributed by atoms with Crippen molar-refractivity contribution in [3.8, 4) is 0 Å². The molecule has 6 nitrogen and oxygen atoms in total. The number of carboxylic acid groups (broad SMARTS) is 1. The fourth-order valence-electron chi connectivity index (χ4n) is 1.71. The van der Waals surface area contributed by atoms with Crippen molar-refractivity contribution >= 4 is 16.4 Å². The second kappa shape index (κ2) is 18.7. The van der Waals surface area contributed by atoms with E-state index in [1.165, 1.54) is 57.8 Å². The van der Waals surface area contributed by atoms with Crippen LogP contribution in [-0.2, 0) is 19.4 Å². The van der Waals surface area contributed by atoms with Crippen LogP contribution in [0.25, 0.3) is 0 Å². The zero-order valence-corrected chi connectivity index (χ0v) is 17.6. The van der Waals surface area contributed by atoms with Gasteiger partial charge in [0, 0.05) is 0 Å². The summed E-state index contributed by atoms with van der Waals surface area (Å²) < 4.78 is 31.2. The van der Waals surface area contributed by atoms with E-state index in [1.54, 1.807) is 0 Å². The molecule has 0 fully saturated rings. The Labute approximate surface area is 163 Å². The van der Waals surface area contributed by atoms with E-state index in [2.05, 4.69) is 18.0 Å². The minimum Gasteiger partial charge on any atom is -0.479 e. The Morgan fingerprint density at radius 1 is 1.04 bits per heavy atom. The molecule has 23 heavy (non-hydrogen) atoms. The number of carboxylic acids is 1. The SMILES string of the molecule is CC(OS(=O)(=O)O)C(=O)O.[CH2-]CCCCCCCCCCC.[Na+]. The minimum atomic E-state index is -4.65. The normalized spacial score (nSPS) is 11.8. The Bertz CT molecular complexity index is 349. The predicted octanol–water partition coefficient (Wildman–Crippen LogP) is 1.02. The molecule has 0 aromatic rings. The largest absolute Gasteiger partial charge is 1.00 e. The molecule has 0 radical (unpaired) electrons. The van der Waals surface area contributed by atoms with Crippen LogP contribution in [-0.4, -0.2) is 30.2 Å². The van der Waals surface area contributed by atoms with Crippen LogP contribution in [0.15, 0.2) is 0 Å². The van der Waals surface area contributed by atoms with Crippen LogP contribution in [0.4, 0.5) is 0 Å². The standard InChI is InChI=1S/C12H25.C3H6O6S.Na/c1-3-5-7-9-11-12-10-8-6-4-2;1-2(3(4)5)9-10(6,7)8;/h1,3-12H2,2H3;2H,1H3,(H,4,5)(H,6,7,8);/q-1;;+1. The Hall–Kier alpha value is 0.340. The number of rotatable bonds is 12. The summed E-state index contributed by atoms with van der Waals surface area (Å²) in [7, 11) is -4.65. The maximum absolute atomic E-state index is 9.88. The molecule has 1 atom stereocenters.